The second kappa shape index (κ2) is 8.80. The van der Waals surface area contributed by atoms with Crippen molar-refractivity contribution in [2.24, 2.45) is 5.92 Å². The van der Waals surface area contributed by atoms with Crippen LogP contribution < -0.4 is 5.32 Å². The molecule has 0 aromatic heterocycles. The first-order chi connectivity index (χ1) is 12.8. The third-order valence-corrected chi connectivity index (χ3v) is 6.28. The number of hydrogen-bond donors (Lipinski definition) is 2. The van der Waals surface area contributed by atoms with Gasteiger partial charge in [-0.2, -0.15) is 0 Å². The number of aliphatic hydroxyl groups is 1. The van der Waals surface area contributed by atoms with Gasteiger partial charge in [0.05, 0.1) is 12.1 Å². The molecule has 2 saturated heterocycles. The zero-order valence-corrected chi connectivity index (χ0v) is 16.8. The molecule has 6 nitrogen and oxygen atoms in total. The number of allylic oxidation sites excluding steroid dienone is 3. The molecule has 3 heterocycles. The van der Waals surface area contributed by atoms with Gasteiger partial charge >= 0.3 is 5.97 Å². The topological polar surface area (TPSA) is 84.9 Å². The van der Waals surface area contributed by atoms with Gasteiger partial charge in [-0.25, -0.2) is 4.79 Å². The van der Waals surface area contributed by atoms with Crippen molar-refractivity contribution in [3.05, 3.63) is 23.8 Å². The molecule has 3 rings (SSSR count). The van der Waals surface area contributed by atoms with E-state index in [1.54, 1.807) is 6.08 Å². The van der Waals surface area contributed by atoms with E-state index in [9.17, 15) is 14.7 Å². The number of amides is 1. The van der Waals surface area contributed by atoms with Crippen LogP contribution in [0.4, 0.5) is 4.79 Å². The normalized spacial score (nSPS) is 41.7. The molecule has 0 aromatic rings. The van der Waals surface area contributed by atoms with Gasteiger partial charge in [-0.05, 0) is 38.5 Å². The molecule has 7 heteroatoms. The summed E-state index contributed by atoms with van der Waals surface area (Å²) in [5, 5.41) is 13.7. The first kappa shape index (κ1) is 20.4. The van der Waals surface area contributed by atoms with E-state index in [1.807, 2.05) is 6.92 Å². The van der Waals surface area contributed by atoms with Crippen molar-refractivity contribution >= 4 is 23.0 Å². The Kier molecular flexibility index (Phi) is 6.65. The molecular formula is C20H29NO5S. The highest BCUT2D eigenvalue weighted by atomic mass is 32.2. The lowest BCUT2D eigenvalue weighted by molar-refractivity contribution is -0.283. The molecule has 150 valence electrons. The van der Waals surface area contributed by atoms with Gasteiger partial charge in [0.25, 0.3) is 5.24 Å². The molecule has 0 radical (unpaired) electrons. The molecule has 2 bridgehead atoms. The highest BCUT2D eigenvalue weighted by Gasteiger charge is 2.49. The van der Waals surface area contributed by atoms with Crippen LogP contribution in [0.25, 0.3) is 0 Å². The molecule has 1 amide bonds. The van der Waals surface area contributed by atoms with E-state index in [2.05, 4.69) is 24.4 Å². The number of ether oxygens (including phenoxy) is 2. The van der Waals surface area contributed by atoms with Crippen molar-refractivity contribution in [2.75, 3.05) is 5.75 Å². The molecule has 3 aliphatic heterocycles. The van der Waals surface area contributed by atoms with Gasteiger partial charge in [0.2, 0.25) is 0 Å². The van der Waals surface area contributed by atoms with E-state index in [4.69, 9.17) is 9.47 Å². The minimum Gasteiger partial charge on any atom is -0.459 e. The summed E-state index contributed by atoms with van der Waals surface area (Å²) in [5.74, 6) is -1.03. The molecule has 2 fully saturated rings. The fourth-order valence-corrected chi connectivity index (χ4v) is 4.75. The average molecular weight is 396 g/mol. The van der Waals surface area contributed by atoms with Gasteiger partial charge in [-0.1, -0.05) is 36.4 Å². The van der Waals surface area contributed by atoms with E-state index in [1.165, 1.54) is 0 Å². The van der Waals surface area contributed by atoms with Crippen LogP contribution in [0, 0.1) is 5.92 Å². The number of hydrogen-bond acceptors (Lipinski definition) is 6. The van der Waals surface area contributed by atoms with Crippen LogP contribution in [0.2, 0.25) is 0 Å². The Morgan fingerprint density at radius 3 is 2.85 bits per heavy atom. The molecule has 0 aromatic carbocycles. The fourth-order valence-electron chi connectivity index (χ4n) is 3.86. The van der Waals surface area contributed by atoms with Gasteiger partial charge in [0.15, 0.2) is 5.79 Å². The number of nitrogens with one attached hydrogen (secondary N) is 1. The van der Waals surface area contributed by atoms with Gasteiger partial charge < -0.3 is 19.9 Å². The maximum absolute atomic E-state index is 12.3. The molecule has 27 heavy (non-hydrogen) atoms. The van der Waals surface area contributed by atoms with Crippen LogP contribution in [0.1, 0.15) is 52.4 Å². The van der Waals surface area contributed by atoms with E-state index < -0.39 is 17.9 Å². The van der Waals surface area contributed by atoms with Gasteiger partial charge in [0, 0.05) is 24.7 Å². The van der Waals surface area contributed by atoms with Crippen molar-refractivity contribution in [2.45, 2.75) is 76.4 Å². The average Bonchev–Trinajstić information content (AvgIpc) is 3.03. The Bertz CT molecular complexity index is 634. The molecule has 0 aliphatic carbocycles. The Morgan fingerprint density at radius 1 is 1.30 bits per heavy atom. The number of carbonyl (C=O) groups excluding carboxylic acids is 2. The lowest BCUT2D eigenvalue weighted by Crippen LogP contribution is -2.58. The Labute approximate surface area is 164 Å². The summed E-state index contributed by atoms with van der Waals surface area (Å²) in [6.45, 7) is 4.10. The molecule has 5 atom stereocenters. The summed E-state index contributed by atoms with van der Waals surface area (Å²) < 4.78 is 11.7. The molecular weight excluding hydrogens is 366 g/mol. The van der Waals surface area contributed by atoms with E-state index in [0.717, 1.165) is 43.0 Å². The quantitative estimate of drug-likeness (QED) is 0.523. The van der Waals surface area contributed by atoms with Gasteiger partial charge in [-0.15, -0.1) is 0 Å². The Morgan fingerprint density at radius 2 is 2.11 bits per heavy atom. The standard InChI is InChI=1S/C20H29NO5S/c1-13-5-3-4-6-14(2)9-18(22)25-16-10-15(8-7-13)26-20(24,11-16)17-12-27-19(23)21-17/h3,5,9,13,15-17,24H,4,6-8,10-12H2,1-2H3,(H,21,23)/b5-3+,14-9-/t13-,15-,16?,17?,20?/m1/s1. The predicted molar refractivity (Wildman–Crippen MR) is 104 cm³/mol. The largest absolute Gasteiger partial charge is 0.459 e. The first-order valence-electron chi connectivity index (χ1n) is 9.72. The van der Waals surface area contributed by atoms with Crippen molar-refractivity contribution in [1.82, 2.24) is 5.32 Å². The van der Waals surface area contributed by atoms with Crippen molar-refractivity contribution < 1.29 is 24.2 Å². The van der Waals surface area contributed by atoms with Crippen molar-refractivity contribution in [3.63, 3.8) is 0 Å². The molecule has 3 unspecified atom stereocenters. The Hall–Kier alpha value is -1.31. The van der Waals surface area contributed by atoms with Crippen LogP contribution in [-0.2, 0) is 14.3 Å². The monoisotopic (exact) mass is 395 g/mol. The summed E-state index contributed by atoms with van der Waals surface area (Å²) in [4.78, 5) is 23.9. The maximum Gasteiger partial charge on any atom is 0.330 e. The van der Waals surface area contributed by atoms with Crippen LogP contribution >= 0.6 is 11.8 Å². The van der Waals surface area contributed by atoms with Crippen molar-refractivity contribution in [1.29, 1.82) is 0 Å². The van der Waals surface area contributed by atoms with Crippen LogP contribution in [-0.4, -0.2) is 46.1 Å². The summed E-state index contributed by atoms with van der Waals surface area (Å²) in [6, 6.07) is -0.493. The summed E-state index contributed by atoms with van der Waals surface area (Å²) >= 11 is 1.14. The minimum atomic E-state index is -1.51. The van der Waals surface area contributed by atoms with E-state index in [0.29, 0.717) is 18.1 Å². The van der Waals surface area contributed by atoms with E-state index in [-0.39, 0.29) is 23.7 Å². The van der Waals surface area contributed by atoms with Gasteiger partial charge in [0.1, 0.15) is 6.10 Å². The minimum absolute atomic E-state index is 0.160. The summed E-state index contributed by atoms with van der Waals surface area (Å²) in [6.07, 6.45) is 9.42. The smallest absolute Gasteiger partial charge is 0.330 e. The number of esters is 1. The zero-order valence-electron chi connectivity index (χ0n) is 16.0. The Balaban J connectivity index is 1.78. The highest BCUT2D eigenvalue weighted by Crippen LogP contribution is 2.37. The van der Waals surface area contributed by atoms with Gasteiger partial charge in [-0.3, -0.25) is 4.79 Å². The van der Waals surface area contributed by atoms with E-state index >= 15 is 0 Å². The van der Waals surface area contributed by atoms with Crippen molar-refractivity contribution in [3.8, 4) is 0 Å². The number of rotatable bonds is 1. The second-order valence-electron chi connectivity index (χ2n) is 7.89. The third-order valence-electron chi connectivity index (χ3n) is 5.40. The third kappa shape index (κ3) is 5.59. The number of thioether (sulfide) groups is 1. The second-order valence-corrected chi connectivity index (χ2v) is 8.88. The number of carbonyl (C=O) groups is 2. The predicted octanol–water partition coefficient (Wildman–Crippen LogP) is 3.30. The summed E-state index contributed by atoms with van der Waals surface area (Å²) in [7, 11) is 0. The lowest BCUT2D eigenvalue weighted by atomic mass is 9.90. The fraction of sp³-hybridized carbons (Fsp3) is 0.700. The lowest BCUT2D eigenvalue weighted by Gasteiger charge is -2.43. The highest BCUT2D eigenvalue weighted by molar-refractivity contribution is 8.14. The van der Waals surface area contributed by atoms with Crippen LogP contribution in [0.5, 0.6) is 0 Å². The van der Waals surface area contributed by atoms with Crippen LogP contribution in [0.3, 0.4) is 0 Å². The SMILES string of the molecule is C/C1=C/C(=O)OC2C[C@@H](CC[C@H](C)/C=C/CC1)OC(O)(C1CSC(=O)N1)C2. The molecule has 3 aliphatic rings. The molecule has 0 saturated carbocycles. The first-order valence-corrected chi connectivity index (χ1v) is 10.7. The maximum atomic E-state index is 12.3. The molecule has 0 spiro atoms. The molecule has 2 N–H and O–H groups in total. The summed E-state index contributed by atoms with van der Waals surface area (Å²) in [5.41, 5.74) is 0.979. The zero-order chi connectivity index (χ0) is 19.4. The number of fused-ring (bicyclic) bond motifs is 2. The van der Waals surface area contributed by atoms with Crippen LogP contribution in [0.15, 0.2) is 23.8 Å².